The Labute approximate surface area is 132 Å². The molecule has 1 aromatic carbocycles. The molecule has 5 nitrogen and oxygen atoms in total. The summed E-state index contributed by atoms with van der Waals surface area (Å²) in [5.74, 6) is 0.329. The van der Waals surface area contributed by atoms with Gasteiger partial charge in [0.15, 0.2) is 0 Å². The molecule has 1 N–H and O–H groups in total. The van der Waals surface area contributed by atoms with E-state index in [1.165, 1.54) is 7.11 Å². The minimum absolute atomic E-state index is 0.0714. The highest BCUT2D eigenvalue weighted by atomic mass is 79.9. The number of methoxy groups -OCH3 is 1. The Bertz CT molecular complexity index is 513. The third-order valence-corrected chi connectivity index (χ3v) is 4.41. The van der Waals surface area contributed by atoms with Crippen LogP contribution in [0.5, 0.6) is 0 Å². The number of nitrogens with one attached hydrogen (secondary N) is 1. The first kappa shape index (κ1) is 15.8. The number of halogens is 1. The molecule has 21 heavy (non-hydrogen) atoms. The van der Waals surface area contributed by atoms with Crippen LogP contribution in [0.25, 0.3) is 0 Å². The number of rotatable bonds is 3. The van der Waals surface area contributed by atoms with Crippen LogP contribution in [0.1, 0.15) is 23.2 Å². The Hall–Kier alpha value is -1.56. The van der Waals surface area contributed by atoms with Crippen LogP contribution >= 0.6 is 15.9 Å². The van der Waals surface area contributed by atoms with Crippen molar-refractivity contribution in [2.45, 2.75) is 12.8 Å². The fraction of sp³-hybridized carbons (Fsp3) is 0.467. The van der Waals surface area contributed by atoms with Gasteiger partial charge in [0.2, 0.25) is 0 Å². The van der Waals surface area contributed by atoms with Crippen molar-refractivity contribution in [1.82, 2.24) is 10.2 Å². The Kier molecular flexibility index (Phi) is 5.61. The molecule has 1 aliphatic rings. The summed E-state index contributed by atoms with van der Waals surface area (Å²) >= 11 is 3.38. The van der Waals surface area contributed by atoms with E-state index in [0.29, 0.717) is 31.1 Å². The number of nitrogens with zero attached hydrogens (tertiary/aromatic N) is 1. The Balaban J connectivity index is 1.79. The Morgan fingerprint density at radius 3 is 2.62 bits per heavy atom. The molecule has 0 bridgehead atoms. The summed E-state index contributed by atoms with van der Waals surface area (Å²) in [6.45, 7) is 2.00. The summed E-state index contributed by atoms with van der Waals surface area (Å²) in [4.78, 5) is 25.2. The number of carbonyl (C=O) groups is 2. The van der Waals surface area contributed by atoms with Crippen molar-refractivity contribution in [2.75, 3.05) is 26.7 Å². The zero-order valence-electron chi connectivity index (χ0n) is 12.0. The van der Waals surface area contributed by atoms with Crippen molar-refractivity contribution in [1.29, 1.82) is 0 Å². The highest BCUT2D eigenvalue weighted by Gasteiger charge is 2.23. The smallest absolute Gasteiger partial charge is 0.409 e. The van der Waals surface area contributed by atoms with Crippen LogP contribution in [0.4, 0.5) is 4.79 Å². The molecule has 0 spiro atoms. The molecule has 1 saturated heterocycles. The lowest BCUT2D eigenvalue weighted by Gasteiger charge is -2.30. The first-order valence-electron chi connectivity index (χ1n) is 6.97. The predicted molar refractivity (Wildman–Crippen MR) is 83.2 cm³/mol. The number of hydrogen-bond donors (Lipinski definition) is 1. The molecule has 1 aliphatic heterocycles. The average Bonchev–Trinajstić information content (AvgIpc) is 2.52. The number of hydrogen-bond acceptors (Lipinski definition) is 3. The summed E-state index contributed by atoms with van der Waals surface area (Å²) in [5, 5.41) is 2.96. The monoisotopic (exact) mass is 354 g/mol. The second-order valence-electron chi connectivity index (χ2n) is 5.09. The highest BCUT2D eigenvalue weighted by Crippen LogP contribution is 2.18. The fourth-order valence-corrected chi connectivity index (χ4v) is 2.89. The van der Waals surface area contributed by atoms with Gasteiger partial charge in [-0.15, -0.1) is 0 Å². The number of piperidine rings is 1. The maximum Gasteiger partial charge on any atom is 0.409 e. The maximum absolute atomic E-state index is 12.1. The number of carbonyl (C=O) groups excluding carboxylic acids is 2. The quantitative estimate of drug-likeness (QED) is 0.907. The minimum atomic E-state index is -0.272. The largest absolute Gasteiger partial charge is 0.453 e. The molecule has 1 heterocycles. The van der Waals surface area contributed by atoms with Gasteiger partial charge in [-0.3, -0.25) is 4.79 Å². The van der Waals surface area contributed by atoms with Gasteiger partial charge >= 0.3 is 6.09 Å². The summed E-state index contributed by atoms with van der Waals surface area (Å²) in [6.07, 6.45) is 1.49. The zero-order chi connectivity index (χ0) is 15.2. The number of amides is 2. The second kappa shape index (κ2) is 7.45. The molecule has 0 aromatic heterocycles. The molecule has 1 fully saturated rings. The van der Waals surface area contributed by atoms with E-state index >= 15 is 0 Å². The molecule has 0 unspecified atom stereocenters. The minimum Gasteiger partial charge on any atom is -0.453 e. The van der Waals surface area contributed by atoms with Crippen molar-refractivity contribution >= 4 is 27.9 Å². The number of benzene rings is 1. The standard InChI is InChI=1S/C15H19BrN2O3/c1-21-15(20)18-8-6-11(7-9-18)10-17-14(19)12-4-2-3-5-13(12)16/h2-5,11H,6-10H2,1H3,(H,17,19). The number of likely N-dealkylation sites (tertiary alicyclic amines) is 1. The van der Waals surface area contributed by atoms with Gasteiger partial charge in [0, 0.05) is 24.1 Å². The fourth-order valence-electron chi connectivity index (χ4n) is 2.43. The van der Waals surface area contributed by atoms with Crippen LogP contribution < -0.4 is 5.32 Å². The molecule has 6 heteroatoms. The van der Waals surface area contributed by atoms with Crippen LogP contribution in [-0.4, -0.2) is 43.6 Å². The molecule has 1 aromatic rings. The number of ether oxygens (including phenoxy) is 1. The SMILES string of the molecule is COC(=O)N1CCC(CNC(=O)c2ccccc2Br)CC1. The summed E-state index contributed by atoms with van der Waals surface area (Å²) < 4.78 is 5.50. The molecule has 0 atom stereocenters. The van der Waals surface area contributed by atoms with E-state index in [1.54, 1.807) is 11.0 Å². The zero-order valence-corrected chi connectivity index (χ0v) is 13.6. The molecular weight excluding hydrogens is 336 g/mol. The van der Waals surface area contributed by atoms with E-state index in [4.69, 9.17) is 4.74 Å². The molecule has 2 amide bonds. The maximum atomic E-state index is 12.1. The lowest BCUT2D eigenvalue weighted by atomic mass is 9.97. The Morgan fingerprint density at radius 1 is 1.33 bits per heavy atom. The summed E-state index contributed by atoms with van der Waals surface area (Å²) in [5.41, 5.74) is 0.643. The first-order valence-corrected chi connectivity index (χ1v) is 7.76. The third kappa shape index (κ3) is 4.20. The van der Waals surface area contributed by atoms with Crippen LogP contribution in [0.15, 0.2) is 28.7 Å². The van der Waals surface area contributed by atoms with E-state index in [1.807, 2.05) is 18.2 Å². The lowest BCUT2D eigenvalue weighted by Crippen LogP contribution is -2.41. The van der Waals surface area contributed by atoms with Gasteiger partial charge in [-0.1, -0.05) is 12.1 Å². The van der Waals surface area contributed by atoms with Crippen molar-refractivity contribution in [3.63, 3.8) is 0 Å². The molecule has 0 aliphatic carbocycles. The third-order valence-electron chi connectivity index (χ3n) is 3.72. The van der Waals surface area contributed by atoms with Gasteiger partial charge < -0.3 is 15.0 Å². The normalized spacial score (nSPS) is 15.6. The second-order valence-corrected chi connectivity index (χ2v) is 5.94. The van der Waals surface area contributed by atoms with Gasteiger partial charge in [-0.05, 0) is 46.8 Å². The van der Waals surface area contributed by atoms with Crippen molar-refractivity contribution < 1.29 is 14.3 Å². The molecule has 2 rings (SSSR count). The van der Waals surface area contributed by atoms with Crippen LogP contribution in [0, 0.1) is 5.92 Å². The van der Waals surface area contributed by atoms with Crippen LogP contribution in [-0.2, 0) is 4.74 Å². The lowest BCUT2D eigenvalue weighted by molar-refractivity contribution is 0.0913. The molecule has 0 radical (unpaired) electrons. The molecular formula is C15H19BrN2O3. The van der Waals surface area contributed by atoms with Crippen LogP contribution in [0.3, 0.4) is 0 Å². The topological polar surface area (TPSA) is 58.6 Å². The summed E-state index contributed by atoms with van der Waals surface area (Å²) in [7, 11) is 1.40. The highest BCUT2D eigenvalue weighted by molar-refractivity contribution is 9.10. The van der Waals surface area contributed by atoms with Gasteiger partial charge in [-0.25, -0.2) is 4.79 Å². The van der Waals surface area contributed by atoms with Crippen molar-refractivity contribution in [2.24, 2.45) is 5.92 Å². The predicted octanol–water partition coefficient (Wildman–Crippen LogP) is 2.66. The van der Waals surface area contributed by atoms with Gasteiger partial charge in [0.1, 0.15) is 0 Å². The van der Waals surface area contributed by atoms with E-state index in [9.17, 15) is 9.59 Å². The van der Waals surface area contributed by atoms with E-state index < -0.39 is 0 Å². The van der Waals surface area contributed by atoms with Gasteiger partial charge in [0.25, 0.3) is 5.91 Å². The van der Waals surface area contributed by atoms with Gasteiger partial charge in [-0.2, -0.15) is 0 Å². The van der Waals surface area contributed by atoms with Gasteiger partial charge in [0.05, 0.1) is 12.7 Å². The molecule has 0 saturated carbocycles. The average molecular weight is 355 g/mol. The van der Waals surface area contributed by atoms with E-state index in [2.05, 4.69) is 21.2 Å². The van der Waals surface area contributed by atoms with Crippen molar-refractivity contribution in [3.8, 4) is 0 Å². The van der Waals surface area contributed by atoms with Crippen molar-refractivity contribution in [3.05, 3.63) is 34.3 Å². The first-order chi connectivity index (χ1) is 10.1. The molecule has 114 valence electrons. The Morgan fingerprint density at radius 2 is 2.00 bits per heavy atom. The van der Waals surface area contributed by atoms with E-state index in [0.717, 1.165) is 17.3 Å². The summed E-state index contributed by atoms with van der Waals surface area (Å²) in [6, 6.07) is 7.36. The van der Waals surface area contributed by atoms with Crippen LogP contribution in [0.2, 0.25) is 0 Å². The van der Waals surface area contributed by atoms with E-state index in [-0.39, 0.29) is 12.0 Å².